The lowest BCUT2D eigenvalue weighted by Crippen LogP contribution is -2.44. The normalized spacial score (nSPS) is 14.9. The fourth-order valence-corrected chi connectivity index (χ4v) is 5.13. The van der Waals surface area contributed by atoms with Gasteiger partial charge in [-0.25, -0.2) is 0 Å². The summed E-state index contributed by atoms with van der Waals surface area (Å²) in [4.78, 5) is 20.6. The zero-order chi connectivity index (χ0) is 25.6. The second-order valence-electron chi connectivity index (χ2n) is 9.35. The van der Waals surface area contributed by atoms with Crippen LogP contribution >= 0.6 is 0 Å². The van der Waals surface area contributed by atoms with E-state index in [1.54, 1.807) is 7.11 Å². The molecule has 1 saturated heterocycles. The standard InChI is InChI=1S/C31H33N3O3/c1-22-27(31(24-8-4-3-5-9-24)26-10-6-7-11-28(26)33-22)20-30(35)32-21-29(34-16-18-37-19-17-34)23-12-14-25(36-2)15-13-23/h3-15,29H,16-21H2,1-2H3,(H,32,35). The predicted octanol–water partition coefficient (Wildman–Crippen LogP) is 4.95. The number of ether oxygens (including phenoxy) is 2. The van der Waals surface area contributed by atoms with Crippen LogP contribution in [-0.4, -0.2) is 55.7 Å². The zero-order valence-corrected chi connectivity index (χ0v) is 21.4. The number of aryl methyl sites for hydroxylation is 1. The highest BCUT2D eigenvalue weighted by Crippen LogP contribution is 2.33. The molecule has 6 heteroatoms. The van der Waals surface area contributed by atoms with Crippen LogP contribution < -0.4 is 10.1 Å². The lowest BCUT2D eigenvalue weighted by atomic mass is 9.92. The van der Waals surface area contributed by atoms with Crippen LogP contribution in [-0.2, 0) is 16.0 Å². The molecule has 1 amide bonds. The quantitative estimate of drug-likeness (QED) is 0.375. The molecule has 0 radical (unpaired) electrons. The zero-order valence-electron chi connectivity index (χ0n) is 21.4. The number of fused-ring (bicyclic) bond motifs is 1. The van der Waals surface area contributed by atoms with Crippen molar-refractivity contribution in [1.82, 2.24) is 15.2 Å². The third kappa shape index (κ3) is 5.66. The van der Waals surface area contributed by atoms with Crippen LogP contribution in [0.2, 0.25) is 0 Å². The minimum absolute atomic E-state index is 0.0101. The Morgan fingerprint density at radius 2 is 1.70 bits per heavy atom. The third-order valence-corrected chi connectivity index (χ3v) is 7.08. The lowest BCUT2D eigenvalue weighted by molar-refractivity contribution is -0.120. The van der Waals surface area contributed by atoms with Gasteiger partial charge in [-0.15, -0.1) is 0 Å². The maximum Gasteiger partial charge on any atom is 0.224 e. The maximum atomic E-state index is 13.4. The average molecular weight is 496 g/mol. The molecule has 37 heavy (non-hydrogen) atoms. The molecule has 0 saturated carbocycles. The molecular weight excluding hydrogens is 462 g/mol. The van der Waals surface area contributed by atoms with E-state index in [4.69, 9.17) is 14.5 Å². The van der Waals surface area contributed by atoms with Crippen molar-refractivity contribution in [3.63, 3.8) is 0 Å². The van der Waals surface area contributed by atoms with Crippen LogP contribution in [0.15, 0.2) is 78.9 Å². The fourth-order valence-electron chi connectivity index (χ4n) is 5.13. The van der Waals surface area contributed by atoms with E-state index in [1.807, 2.05) is 55.5 Å². The lowest BCUT2D eigenvalue weighted by Gasteiger charge is -2.35. The fraction of sp³-hybridized carbons (Fsp3) is 0.290. The smallest absolute Gasteiger partial charge is 0.224 e. The van der Waals surface area contributed by atoms with Gasteiger partial charge < -0.3 is 14.8 Å². The second-order valence-corrected chi connectivity index (χ2v) is 9.35. The summed E-state index contributed by atoms with van der Waals surface area (Å²) in [5.74, 6) is 0.811. The van der Waals surface area contributed by atoms with E-state index in [1.165, 1.54) is 0 Å². The van der Waals surface area contributed by atoms with E-state index in [2.05, 4.69) is 40.5 Å². The van der Waals surface area contributed by atoms with Gasteiger partial charge in [-0.1, -0.05) is 60.7 Å². The number of aromatic nitrogens is 1. The highest BCUT2D eigenvalue weighted by molar-refractivity contribution is 5.98. The summed E-state index contributed by atoms with van der Waals surface area (Å²) >= 11 is 0. The molecule has 1 N–H and O–H groups in total. The summed E-state index contributed by atoms with van der Waals surface area (Å²) in [5, 5.41) is 4.29. The SMILES string of the molecule is COc1ccc(C(CNC(=O)Cc2c(C)nc3ccccc3c2-c2ccccc2)N2CCOCC2)cc1. The average Bonchev–Trinajstić information content (AvgIpc) is 2.95. The molecule has 5 rings (SSSR count). The first kappa shape index (κ1) is 24.9. The molecule has 1 aliphatic heterocycles. The van der Waals surface area contributed by atoms with Crippen LogP contribution in [0.25, 0.3) is 22.0 Å². The van der Waals surface area contributed by atoms with Crippen LogP contribution in [0.1, 0.15) is 22.9 Å². The van der Waals surface area contributed by atoms with E-state index >= 15 is 0 Å². The van der Waals surface area contributed by atoms with Gasteiger partial charge in [-0.05, 0) is 47.4 Å². The summed E-state index contributed by atoms with van der Waals surface area (Å²) < 4.78 is 10.9. The van der Waals surface area contributed by atoms with Gasteiger partial charge in [0, 0.05) is 30.7 Å². The molecule has 1 atom stereocenters. The summed E-state index contributed by atoms with van der Waals surface area (Å²) in [5.41, 5.74) is 6.11. The molecule has 1 aromatic heterocycles. The molecule has 4 aromatic rings. The van der Waals surface area contributed by atoms with Gasteiger partial charge >= 0.3 is 0 Å². The van der Waals surface area contributed by atoms with Crippen LogP contribution in [0, 0.1) is 6.92 Å². The van der Waals surface area contributed by atoms with Crippen LogP contribution in [0.4, 0.5) is 0 Å². The van der Waals surface area contributed by atoms with Gasteiger partial charge in [0.05, 0.1) is 38.3 Å². The molecule has 6 nitrogen and oxygen atoms in total. The number of methoxy groups -OCH3 is 1. The Hall–Kier alpha value is -3.74. The number of morpholine rings is 1. The number of hydrogen-bond acceptors (Lipinski definition) is 5. The van der Waals surface area contributed by atoms with Crippen LogP contribution in [0.5, 0.6) is 5.75 Å². The molecular formula is C31H33N3O3. The van der Waals surface area contributed by atoms with Crippen molar-refractivity contribution < 1.29 is 14.3 Å². The number of nitrogens with zero attached hydrogens (tertiary/aromatic N) is 2. The number of nitrogens with one attached hydrogen (secondary N) is 1. The number of carbonyl (C=O) groups is 1. The molecule has 2 heterocycles. The number of carbonyl (C=O) groups excluding carboxylic acids is 1. The second kappa shape index (κ2) is 11.5. The first-order valence-corrected chi connectivity index (χ1v) is 12.8. The topological polar surface area (TPSA) is 63.7 Å². The van der Waals surface area contributed by atoms with Gasteiger partial charge in [-0.2, -0.15) is 0 Å². The van der Waals surface area contributed by atoms with Crippen molar-refractivity contribution >= 4 is 16.8 Å². The maximum absolute atomic E-state index is 13.4. The van der Waals surface area contributed by atoms with Crippen molar-refractivity contribution in [2.45, 2.75) is 19.4 Å². The number of benzene rings is 3. The minimum atomic E-state index is -0.0101. The predicted molar refractivity (Wildman–Crippen MR) is 147 cm³/mol. The van der Waals surface area contributed by atoms with Gasteiger partial charge in [0.15, 0.2) is 0 Å². The monoisotopic (exact) mass is 495 g/mol. The molecule has 0 spiro atoms. The number of hydrogen-bond donors (Lipinski definition) is 1. The van der Waals surface area contributed by atoms with E-state index in [0.717, 1.165) is 57.7 Å². The molecule has 0 aliphatic carbocycles. The Bertz CT molecular complexity index is 1350. The van der Waals surface area contributed by atoms with E-state index < -0.39 is 0 Å². The van der Waals surface area contributed by atoms with Crippen molar-refractivity contribution in [3.05, 3.63) is 95.7 Å². The Balaban J connectivity index is 1.40. The molecule has 1 unspecified atom stereocenters. The molecule has 1 fully saturated rings. The molecule has 1 aliphatic rings. The van der Waals surface area contributed by atoms with Gasteiger partial charge in [0.2, 0.25) is 5.91 Å². The number of para-hydroxylation sites is 1. The molecule has 190 valence electrons. The summed E-state index contributed by atoms with van der Waals surface area (Å²) in [6.45, 7) is 5.57. The van der Waals surface area contributed by atoms with Crippen LogP contribution in [0.3, 0.4) is 0 Å². The van der Waals surface area contributed by atoms with Crippen molar-refractivity contribution in [2.24, 2.45) is 0 Å². The van der Waals surface area contributed by atoms with E-state index in [9.17, 15) is 4.79 Å². The first-order valence-electron chi connectivity index (χ1n) is 12.8. The largest absolute Gasteiger partial charge is 0.497 e. The Morgan fingerprint density at radius 1 is 1.00 bits per heavy atom. The third-order valence-electron chi connectivity index (χ3n) is 7.08. The van der Waals surface area contributed by atoms with Gasteiger partial charge in [-0.3, -0.25) is 14.7 Å². The summed E-state index contributed by atoms with van der Waals surface area (Å²) in [6, 6.07) is 26.6. The Morgan fingerprint density at radius 3 is 2.43 bits per heavy atom. The van der Waals surface area contributed by atoms with Gasteiger partial charge in [0.1, 0.15) is 5.75 Å². The molecule has 3 aromatic carbocycles. The highest BCUT2D eigenvalue weighted by Gasteiger charge is 2.24. The molecule has 0 bridgehead atoms. The minimum Gasteiger partial charge on any atom is -0.497 e. The number of amides is 1. The Kier molecular flexibility index (Phi) is 7.78. The summed E-state index contributed by atoms with van der Waals surface area (Å²) in [6.07, 6.45) is 0.270. The highest BCUT2D eigenvalue weighted by atomic mass is 16.5. The number of pyridine rings is 1. The van der Waals surface area contributed by atoms with Crippen molar-refractivity contribution in [2.75, 3.05) is 40.0 Å². The van der Waals surface area contributed by atoms with Gasteiger partial charge in [0.25, 0.3) is 0 Å². The van der Waals surface area contributed by atoms with Crippen molar-refractivity contribution in [1.29, 1.82) is 0 Å². The van der Waals surface area contributed by atoms with E-state index in [0.29, 0.717) is 19.8 Å². The Labute approximate surface area is 218 Å². The van der Waals surface area contributed by atoms with E-state index in [-0.39, 0.29) is 18.4 Å². The summed E-state index contributed by atoms with van der Waals surface area (Å²) in [7, 11) is 1.67. The van der Waals surface area contributed by atoms with Crippen molar-refractivity contribution in [3.8, 4) is 16.9 Å². The number of rotatable bonds is 8. The first-order chi connectivity index (χ1) is 18.1.